The first-order valence-corrected chi connectivity index (χ1v) is 10.7. The van der Waals surface area contributed by atoms with Crippen LogP contribution in [0, 0.1) is 13.8 Å². The first-order valence-electron chi connectivity index (χ1n) is 8.81. The Hall–Kier alpha value is -1.38. The SMILES string of the molecule is Cc1sc2nc(CS[C@@H](C)C(=O)N3C[C@@H](C)O[C@@H](C)C3)[nH]c(=O)c2c1C. The summed E-state index contributed by atoms with van der Waals surface area (Å²) in [6.07, 6.45) is 0.122. The van der Waals surface area contributed by atoms with Crippen molar-refractivity contribution < 1.29 is 9.53 Å². The van der Waals surface area contributed by atoms with E-state index in [-0.39, 0.29) is 28.9 Å². The van der Waals surface area contributed by atoms with Gasteiger partial charge in [0, 0.05) is 18.0 Å². The van der Waals surface area contributed by atoms with Gasteiger partial charge in [0.1, 0.15) is 10.7 Å². The van der Waals surface area contributed by atoms with E-state index in [1.54, 1.807) is 11.3 Å². The molecule has 1 N–H and O–H groups in total. The van der Waals surface area contributed by atoms with Gasteiger partial charge in [0.25, 0.3) is 5.56 Å². The molecule has 0 saturated carbocycles. The molecule has 0 aliphatic carbocycles. The molecule has 6 nitrogen and oxygen atoms in total. The van der Waals surface area contributed by atoms with Gasteiger partial charge in [-0.15, -0.1) is 23.1 Å². The highest BCUT2D eigenvalue weighted by Gasteiger charge is 2.29. The lowest BCUT2D eigenvalue weighted by Crippen LogP contribution is -2.50. The molecule has 1 fully saturated rings. The van der Waals surface area contributed by atoms with Gasteiger partial charge in [0.05, 0.1) is 28.6 Å². The van der Waals surface area contributed by atoms with Crippen LogP contribution in [0.2, 0.25) is 0 Å². The van der Waals surface area contributed by atoms with Crippen molar-refractivity contribution in [3.63, 3.8) is 0 Å². The average Bonchev–Trinajstić information content (AvgIpc) is 2.85. The first-order chi connectivity index (χ1) is 12.3. The Morgan fingerprint density at radius 1 is 1.38 bits per heavy atom. The number of carbonyl (C=O) groups is 1. The van der Waals surface area contributed by atoms with Crippen LogP contribution in [0.3, 0.4) is 0 Å². The Morgan fingerprint density at radius 2 is 2.04 bits per heavy atom. The predicted octanol–water partition coefficient (Wildman–Crippen LogP) is 2.86. The predicted molar refractivity (Wildman–Crippen MR) is 107 cm³/mol. The van der Waals surface area contributed by atoms with Crippen LogP contribution in [-0.4, -0.2) is 51.3 Å². The number of thioether (sulfide) groups is 1. The zero-order valence-electron chi connectivity index (χ0n) is 15.8. The first kappa shape index (κ1) is 19.4. The number of morpholine rings is 1. The van der Waals surface area contributed by atoms with E-state index in [1.807, 2.05) is 39.5 Å². The Balaban J connectivity index is 1.67. The van der Waals surface area contributed by atoms with Crippen molar-refractivity contribution in [2.75, 3.05) is 13.1 Å². The third kappa shape index (κ3) is 3.97. The van der Waals surface area contributed by atoms with E-state index >= 15 is 0 Å². The maximum atomic E-state index is 12.7. The molecular weight excluding hydrogens is 370 g/mol. The van der Waals surface area contributed by atoms with Crippen LogP contribution in [0.5, 0.6) is 0 Å². The summed E-state index contributed by atoms with van der Waals surface area (Å²) >= 11 is 3.04. The van der Waals surface area contributed by atoms with Crippen molar-refractivity contribution in [2.24, 2.45) is 0 Å². The van der Waals surface area contributed by atoms with E-state index < -0.39 is 0 Å². The van der Waals surface area contributed by atoms with Crippen molar-refractivity contribution in [1.82, 2.24) is 14.9 Å². The third-order valence-corrected chi connectivity index (χ3v) is 6.88. The average molecular weight is 396 g/mol. The van der Waals surface area contributed by atoms with Crippen molar-refractivity contribution in [3.05, 3.63) is 26.6 Å². The van der Waals surface area contributed by atoms with Crippen molar-refractivity contribution in [3.8, 4) is 0 Å². The molecule has 2 aromatic heterocycles. The summed E-state index contributed by atoms with van der Waals surface area (Å²) in [7, 11) is 0. The third-order valence-electron chi connectivity index (χ3n) is 4.64. The summed E-state index contributed by atoms with van der Waals surface area (Å²) in [5.74, 6) is 1.24. The minimum Gasteiger partial charge on any atom is -0.372 e. The maximum Gasteiger partial charge on any atom is 0.259 e. The van der Waals surface area contributed by atoms with Crippen LogP contribution >= 0.6 is 23.1 Å². The molecule has 0 spiro atoms. The van der Waals surface area contributed by atoms with Crippen LogP contribution in [0.4, 0.5) is 0 Å². The van der Waals surface area contributed by atoms with Gasteiger partial charge in [-0.2, -0.15) is 0 Å². The fourth-order valence-electron chi connectivity index (χ4n) is 3.26. The molecule has 0 radical (unpaired) electrons. The van der Waals surface area contributed by atoms with Crippen molar-refractivity contribution in [2.45, 2.75) is 57.8 Å². The second kappa shape index (κ2) is 7.70. The molecule has 142 valence electrons. The largest absolute Gasteiger partial charge is 0.372 e. The Kier molecular flexibility index (Phi) is 5.74. The molecule has 1 amide bonds. The van der Waals surface area contributed by atoms with Gasteiger partial charge in [-0.25, -0.2) is 4.98 Å². The lowest BCUT2D eigenvalue weighted by Gasteiger charge is -2.36. The van der Waals surface area contributed by atoms with Crippen LogP contribution in [0.15, 0.2) is 4.79 Å². The second-order valence-electron chi connectivity index (χ2n) is 6.93. The van der Waals surface area contributed by atoms with Crippen LogP contribution in [0.25, 0.3) is 10.2 Å². The number of rotatable bonds is 4. The summed E-state index contributed by atoms with van der Waals surface area (Å²) in [5, 5.41) is 0.488. The summed E-state index contributed by atoms with van der Waals surface area (Å²) in [5.41, 5.74) is 0.902. The van der Waals surface area contributed by atoms with Crippen molar-refractivity contribution >= 4 is 39.2 Å². The van der Waals surface area contributed by atoms with Gasteiger partial charge in [-0.1, -0.05) is 0 Å². The molecule has 0 bridgehead atoms. The Morgan fingerprint density at radius 3 is 2.69 bits per heavy atom. The normalized spacial score (nSPS) is 22.0. The number of hydrogen-bond donors (Lipinski definition) is 1. The zero-order chi connectivity index (χ0) is 19.0. The zero-order valence-corrected chi connectivity index (χ0v) is 17.4. The molecule has 1 saturated heterocycles. The second-order valence-corrected chi connectivity index (χ2v) is 9.46. The molecule has 1 aliphatic heterocycles. The highest BCUT2D eigenvalue weighted by atomic mass is 32.2. The molecule has 3 rings (SSSR count). The fraction of sp³-hybridized carbons (Fsp3) is 0.611. The summed E-state index contributed by atoms with van der Waals surface area (Å²) < 4.78 is 5.69. The lowest BCUT2D eigenvalue weighted by atomic mass is 10.2. The smallest absolute Gasteiger partial charge is 0.259 e. The molecule has 1 aliphatic rings. The number of nitrogens with zero attached hydrogens (tertiary/aromatic N) is 2. The highest BCUT2D eigenvalue weighted by Crippen LogP contribution is 2.27. The van der Waals surface area contributed by atoms with E-state index in [4.69, 9.17) is 4.74 Å². The number of aromatic amines is 1. The number of ether oxygens (including phenoxy) is 1. The fourth-order valence-corrected chi connectivity index (χ4v) is 5.14. The van der Waals surface area contributed by atoms with E-state index in [1.165, 1.54) is 11.8 Å². The van der Waals surface area contributed by atoms with E-state index in [0.717, 1.165) is 15.3 Å². The summed E-state index contributed by atoms with van der Waals surface area (Å²) in [6.45, 7) is 11.1. The molecule has 3 atom stereocenters. The molecule has 0 unspecified atom stereocenters. The number of hydrogen-bond acceptors (Lipinski definition) is 6. The topological polar surface area (TPSA) is 75.3 Å². The van der Waals surface area contributed by atoms with Crippen LogP contribution in [-0.2, 0) is 15.3 Å². The number of aryl methyl sites for hydroxylation is 2. The van der Waals surface area contributed by atoms with E-state index in [9.17, 15) is 9.59 Å². The number of aromatic nitrogens is 2. The minimum atomic E-state index is -0.194. The quantitative estimate of drug-likeness (QED) is 0.862. The molecular formula is C18H25N3O3S2. The number of carbonyl (C=O) groups excluding carboxylic acids is 1. The van der Waals surface area contributed by atoms with Crippen molar-refractivity contribution in [1.29, 1.82) is 0 Å². The van der Waals surface area contributed by atoms with E-state index in [2.05, 4.69) is 9.97 Å². The molecule has 2 aromatic rings. The van der Waals surface area contributed by atoms with Gasteiger partial charge in [0.15, 0.2) is 0 Å². The van der Waals surface area contributed by atoms with Gasteiger partial charge in [-0.05, 0) is 40.2 Å². The molecule has 0 aromatic carbocycles. The van der Waals surface area contributed by atoms with Gasteiger partial charge in [0.2, 0.25) is 5.91 Å². The van der Waals surface area contributed by atoms with Crippen LogP contribution in [0.1, 0.15) is 37.0 Å². The highest BCUT2D eigenvalue weighted by molar-refractivity contribution is 7.99. The Labute approximate surface area is 161 Å². The molecule has 3 heterocycles. The Bertz CT molecular complexity index is 866. The number of nitrogens with one attached hydrogen (secondary N) is 1. The summed E-state index contributed by atoms with van der Waals surface area (Å²) in [6, 6.07) is 0. The minimum absolute atomic E-state index is 0.0608. The van der Waals surface area contributed by atoms with Crippen LogP contribution < -0.4 is 5.56 Å². The maximum absolute atomic E-state index is 12.7. The lowest BCUT2D eigenvalue weighted by molar-refractivity contribution is -0.142. The monoisotopic (exact) mass is 395 g/mol. The number of thiophene rings is 1. The van der Waals surface area contributed by atoms with Gasteiger partial charge < -0.3 is 14.6 Å². The summed E-state index contributed by atoms with van der Waals surface area (Å²) in [4.78, 5) is 36.3. The number of fused-ring (bicyclic) bond motifs is 1. The van der Waals surface area contributed by atoms with E-state index in [0.29, 0.717) is 30.1 Å². The van der Waals surface area contributed by atoms with Gasteiger partial charge in [-0.3, -0.25) is 9.59 Å². The molecule has 8 heteroatoms. The molecule has 26 heavy (non-hydrogen) atoms. The number of amides is 1. The van der Waals surface area contributed by atoms with Gasteiger partial charge >= 0.3 is 0 Å². The standard InChI is InChI=1S/C18H25N3O3S2/c1-9-6-21(7-10(2)24-9)18(23)13(5)25-8-14-19-16(22)15-11(3)12(4)26-17(15)20-14/h9-10,13H,6-8H2,1-5H3,(H,19,20,22)/t9-,10+,13-/m0/s1. The number of H-pyrrole nitrogens is 1.